The molecule has 0 aromatic rings. The lowest BCUT2D eigenvalue weighted by atomic mass is 9.85. The monoisotopic (exact) mass is 248 g/mol. The van der Waals surface area contributed by atoms with Crippen molar-refractivity contribution in [2.45, 2.75) is 12.8 Å². The van der Waals surface area contributed by atoms with Gasteiger partial charge in [0.1, 0.15) is 0 Å². The maximum Gasteiger partial charge on any atom is 0.233 e. The van der Waals surface area contributed by atoms with Crippen LogP contribution in [0.4, 0.5) is 0 Å². The van der Waals surface area contributed by atoms with Crippen LogP contribution in [0, 0.1) is 23.7 Å². The number of carbonyl (C=O) groups excluding carboxylic acids is 2. The van der Waals surface area contributed by atoms with Crippen LogP contribution in [-0.4, -0.2) is 48.8 Å². The molecule has 98 valence electrons. The van der Waals surface area contributed by atoms with Crippen molar-refractivity contribution in [3.63, 3.8) is 0 Å². The fraction of sp³-hybridized carbons (Fsp3) is 0.714. The zero-order valence-electron chi connectivity index (χ0n) is 11.0. The molecule has 2 bridgehead atoms. The summed E-state index contributed by atoms with van der Waals surface area (Å²) in [7, 11) is 4.01. The molecule has 4 nitrogen and oxygen atoms in total. The lowest BCUT2D eigenvalue weighted by molar-refractivity contribution is -0.140. The van der Waals surface area contributed by atoms with Crippen LogP contribution in [-0.2, 0) is 9.59 Å². The van der Waals surface area contributed by atoms with Gasteiger partial charge >= 0.3 is 0 Å². The van der Waals surface area contributed by atoms with Crippen molar-refractivity contribution in [2.75, 3.05) is 27.2 Å². The smallest absolute Gasteiger partial charge is 0.233 e. The van der Waals surface area contributed by atoms with Gasteiger partial charge < -0.3 is 4.90 Å². The molecule has 0 unspecified atom stereocenters. The van der Waals surface area contributed by atoms with E-state index >= 15 is 0 Å². The van der Waals surface area contributed by atoms with Gasteiger partial charge in [0.15, 0.2) is 0 Å². The Balaban J connectivity index is 1.68. The van der Waals surface area contributed by atoms with Crippen molar-refractivity contribution in [3.8, 4) is 0 Å². The van der Waals surface area contributed by atoms with Crippen molar-refractivity contribution in [1.82, 2.24) is 9.80 Å². The Hall–Kier alpha value is -1.16. The van der Waals surface area contributed by atoms with E-state index in [-0.39, 0.29) is 23.7 Å². The van der Waals surface area contributed by atoms with Crippen LogP contribution in [0.1, 0.15) is 12.8 Å². The molecule has 3 rings (SSSR count). The average Bonchev–Trinajstić information content (AvgIpc) is 2.97. The summed E-state index contributed by atoms with van der Waals surface area (Å²) in [5.41, 5.74) is 0. The standard InChI is InChI=1S/C14H20N2O2/c1-15(2)6-3-7-16-13(17)11-9-4-5-10(8-9)12(11)14(16)18/h4-5,9-12H,3,6-8H2,1-2H3/t9-,10-,11+,12+/m1/s1. The predicted molar refractivity (Wildman–Crippen MR) is 67.6 cm³/mol. The fourth-order valence-electron chi connectivity index (χ4n) is 3.73. The molecule has 4 heteroatoms. The van der Waals surface area contributed by atoms with Crippen LogP contribution in [0.25, 0.3) is 0 Å². The SMILES string of the molecule is CN(C)CCCN1C(=O)[C@@H]2[C@@H](C1=O)[C@@H]1C=C[C@@H]2C1. The molecule has 1 saturated carbocycles. The topological polar surface area (TPSA) is 40.6 Å². The van der Waals surface area contributed by atoms with Gasteiger partial charge in [-0.05, 0) is 45.3 Å². The zero-order chi connectivity index (χ0) is 12.9. The second-order valence-corrected chi connectivity index (χ2v) is 5.98. The third-order valence-electron chi connectivity index (χ3n) is 4.55. The first-order chi connectivity index (χ1) is 8.59. The molecule has 0 aromatic heterocycles. The van der Waals surface area contributed by atoms with Crippen molar-refractivity contribution < 1.29 is 9.59 Å². The quantitative estimate of drug-likeness (QED) is 0.544. The highest BCUT2D eigenvalue weighted by atomic mass is 16.2. The fourth-order valence-corrected chi connectivity index (χ4v) is 3.73. The van der Waals surface area contributed by atoms with E-state index in [9.17, 15) is 9.59 Å². The molecule has 3 aliphatic rings. The Morgan fingerprint density at radius 3 is 2.22 bits per heavy atom. The van der Waals surface area contributed by atoms with Crippen molar-refractivity contribution in [3.05, 3.63) is 12.2 Å². The number of hydrogen-bond donors (Lipinski definition) is 0. The predicted octanol–water partition coefficient (Wildman–Crippen LogP) is 0.745. The van der Waals surface area contributed by atoms with Crippen molar-refractivity contribution >= 4 is 11.8 Å². The van der Waals surface area contributed by atoms with Gasteiger partial charge in [0, 0.05) is 6.54 Å². The second-order valence-electron chi connectivity index (χ2n) is 5.98. The van der Waals surface area contributed by atoms with Gasteiger partial charge in [-0.25, -0.2) is 0 Å². The van der Waals surface area contributed by atoms with Gasteiger partial charge in [-0.3, -0.25) is 14.5 Å². The average molecular weight is 248 g/mol. The summed E-state index contributed by atoms with van der Waals surface area (Å²) in [6.07, 6.45) is 6.16. The van der Waals surface area contributed by atoms with Gasteiger partial charge in [0.05, 0.1) is 11.8 Å². The Labute approximate surface area is 108 Å². The molecule has 4 atom stereocenters. The highest BCUT2D eigenvalue weighted by Gasteiger charge is 2.58. The molecular formula is C14H20N2O2. The number of carbonyl (C=O) groups is 2. The van der Waals surface area contributed by atoms with E-state index in [1.165, 1.54) is 4.90 Å². The number of nitrogens with zero attached hydrogens (tertiary/aromatic N) is 2. The lowest BCUT2D eigenvalue weighted by Crippen LogP contribution is -2.35. The molecule has 1 saturated heterocycles. The van der Waals surface area contributed by atoms with E-state index < -0.39 is 0 Å². The Morgan fingerprint density at radius 2 is 1.72 bits per heavy atom. The first-order valence-corrected chi connectivity index (χ1v) is 6.78. The minimum Gasteiger partial charge on any atom is -0.309 e. The summed E-state index contributed by atoms with van der Waals surface area (Å²) in [5.74, 6) is 0.755. The molecule has 0 spiro atoms. The van der Waals surface area contributed by atoms with E-state index in [1.54, 1.807) is 0 Å². The number of likely N-dealkylation sites (tertiary alicyclic amines) is 1. The third-order valence-corrected chi connectivity index (χ3v) is 4.55. The number of amides is 2. The molecular weight excluding hydrogens is 228 g/mol. The minimum atomic E-state index is -0.0353. The van der Waals surface area contributed by atoms with Crippen LogP contribution < -0.4 is 0 Å². The van der Waals surface area contributed by atoms with Crippen LogP contribution in [0.15, 0.2) is 12.2 Å². The van der Waals surface area contributed by atoms with Crippen LogP contribution in [0.3, 0.4) is 0 Å². The van der Waals surface area contributed by atoms with Crippen LogP contribution >= 0.6 is 0 Å². The maximum absolute atomic E-state index is 12.3. The Morgan fingerprint density at radius 1 is 1.17 bits per heavy atom. The van der Waals surface area contributed by atoms with Gasteiger partial charge in [-0.1, -0.05) is 12.2 Å². The van der Waals surface area contributed by atoms with E-state index in [0.29, 0.717) is 18.4 Å². The Bertz CT molecular complexity index is 386. The molecule has 18 heavy (non-hydrogen) atoms. The molecule has 0 N–H and O–H groups in total. The molecule has 2 amide bonds. The largest absolute Gasteiger partial charge is 0.309 e. The molecule has 0 aromatic carbocycles. The van der Waals surface area contributed by atoms with E-state index in [0.717, 1.165) is 19.4 Å². The third kappa shape index (κ3) is 1.62. The summed E-state index contributed by atoms with van der Waals surface area (Å²) in [5, 5.41) is 0. The van der Waals surface area contributed by atoms with Crippen LogP contribution in [0.5, 0.6) is 0 Å². The summed E-state index contributed by atoms with van der Waals surface area (Å²) >= 11 is 0. The summed E-state index contributed by atoms with van der Waals surface area (Å²) in [6, 6.07) is 0. The summed E-state index contributed by atoms with van der Waals surface area (Å²) in [6.45, 7) is 1.50. The highest BCUT2D eigenvalue weighted by molar-refractivity contribution is 6.06. The van der Waals surface area contributed by atoms with Gasteiger partial charge in [0.25, 0.3) is 0 Å². The number of hydrogen-bond acceptors (Lipinski definition) is 3. The number of fused-ring (bicyclic) bond motifs is 5. The molecule has 1 heterocycles. The maximum atomic E-state index is 12.3. The van der Waals surface area contributed by atoms with Gasteiger partial charge in [-0.2, -0.15) is 0 Å². The van der Waals surface area contributed by atoms with Crippen molar-refractivity contribution in [2.24, 2.45) is 23.7 Å². The summed E-state index contributed by atoms with van der Waals surface area (Å²) in [4.78, 5) is 28.2. The minimum absolute atomic E-state index is 0.0353. The highest BCUT2D eigenvalue weighted by Crippen LogP contribution is 2.52. The first-order valence-electron chi connectivity index (χ1n) is 6.78. The lowest BCUT2D eigenvalue weighted by Gasteiger charge is -2.18. The van der Waals surface area contributed by atoms with Crippen LogP contribution in [0.2, 0.25) is 0 Å². The normalized spacial score (nSPS) is 37.2. The first kappa shape index (κ1) is 11.9. The van der Waals surface area contributed by atoms with E-state index in [1.807, 2.05) is 14.1 Å². The molecule has 2 aliphatic carbocycles. The second kappa shape index (κ2) is 4.19. The van der Waals surface area contributed by atoms with Gasteiger partial charge in [-0.15, -0.1) is 0 Å². The molecule has 0 radical (unpaired) electrons. The zero-order valence-corrected chi connectivity index (χ0v) is 11.0. The van der Waals surface area contributed by atoms with Gasteiger partial charge in [0.2, 0.25) is 11.8 Å². The summed E-state index contributed by atoms with van der Waals surface area (Å²) < 4.78 is 0. The molecule has 2 fully saturated rings. The number of allylic oxidation sites excluding steroid dienone is 2. The van der Waals surface area contributed by atoms with Crippen molar-refractivity contribution in [1.29, 1.82) is 0 Å². The molecule has 1 aliphatic heterocycles. The van der Waals surface area contributed by atoms with E-state index in [2.05, 4.69) is 17.1 Å². The Kier molecular flexibility index (Phi) is 2.77. The number of imide groups is 1. The van der Waals surface area contributed by atoms with E-state index in [4.69, 9.17) is 0 Å². The number of rotatable bonds is 4.